The monoisotopic (exact) mass is 389 g/mol. The molecule has 0 atom stereocenters. The number of benzene rings is 1. The van der Waals surface area contributed by atoms with Crippen LogP contribution in [0, 0.1) is 0 Å². The minimum absolute atomic E-state index is 0.0980. The third-order valence-corrected chi connectivity index (χ3v) is 5.50. The number of rotatable bonds is 6. The van der Waals surface area contributed by atoms with Crippen LogP contribution in [0.25, 0.3) is 6.08 Å². The molecule has 1 aliphatic heterocycles. The Morgan fingerprint density at radius 1 is 1.32 bits per heavy atom. The lowest BCUT2D eigenvalue weighted by Crippen LogP contribution is -2.29. The molecule has 25 heavy (non-hydrogen) atoms. The zero-order chi connectivity index (χ0) is 17.6. The van der Waals surface area contributed by atoms with E-state index in [4.69, 9.17) is 12.2 Å². The largest absolute Gasteiger partial charge is 0.302 e. The van der Waals surface area contributed by atoms with E-state index in [1.165, 1.54) is 23.1 Å². The van der Waals surface area contributed by atoms with Gasteiger partial charge in [0.15, 0.2) is 5.13 Å². The number of aromatic nitrogens is 1. The summed E-state index contributed by atoms with van der Waals surface area (Å²) in [7, 11) is 0. The van der Waals surface area contributed by atoms with E-state index < -0.39 is 0 Å². The summed E-state index contributed by atoms with van der Waals surface area (Å²) in [6.07, 6.45) is 4.34. The Morgan fingerprint density at radius 3 is 2.84 bits per heavy atom. The highest BCUT2D eigenvalue weighted by molar-refractivity contribution is 8.26. The minimum Gasteiger partial charge on any atom is -0.302 e. The van der Waals surface area contributed by atoms with Crippen LogP contribution in [0.5, 0.6) is 0 Å². The molecule has 1 saturated heterocycles. The number of nitrogens with zero attached hydrogens (tertiary/aromatic N) is 2. The Kier molecular flexibility index (Phi) is 5.95. The Bertz CT molecular complexity index is 804. The maximum atomic E-state index is 12.5. The summed E-state index contributed by atoms with van der Waals surface area (Å²) in [4.78, 5) is 30.5. The molecule has 1 aliphatic rings. The van der Waals surface area contributed by atoms with Gasteiger partial charge in [0.25, 0.3) is 5.91 Å². The van der Waals surface area contributed by atoms with Crippen LogP contribution < -0.4 is 5.32 Å². The fourth-order valence-corrected chi connectivity index (χ4v) is 4.11. The third kappa shape index (κ3) is 4.75. The van der Waals surface area contributed by atoms with Crippen molar-refractivity contribution in [3.63, 3.8) is 0 Å². The van der Waals surface area contributed by atoms with Crippen LogP contribution in [-0.2, 0) is 9.59 Å². The van der Waals surface area contributed by atoms with Crippen molar-refractivity contribution in [1.29, 1.82) is 0 Å². The molecule has 1 aromatic heterocycles. The quantitative estimate of drug-likeness (QED) is 0.602. The zero-order valence-corrected chi connectivity index (χ0v) is 15.6. The molecular formula is C17H15N3O2S3. The van der Waals surface area contributed by atoms with E-state index in [9.17, 15) is 9.59 Å². The van der Waals surface area contributed by atoms with Crippen LogP contribution >= 0.6 is 35.3 Å². The number of nitrogens with one attached hydrogen (secondary N) is 1. The highest BCUT2D eigenvalue weighted by Gasteiger charge is 2.31. The van der Waals surface area contributed by atoms with Crippen molar-refractivity contribution in [2.45, 2.75) is 12.8 Å². The number of hydrogen-bond acceptors (Lipinski definition) is 6. The number of anilines is 1. The van der Waals surface area contributed by atoms with E-state index >= 15 is 0 Å². The Morgan fingerprint density at radius 2 is 2.12 bits per heavy atom. The van der Waals surface area contributed by atoms with E-state index in [2.05, 4.69) is 10.3 Å². The predicted molar refractivity (Wildman–Crippen MR) is 106 cm³/mol. The van der Waals surface area contributed by atoms with Gasteiger partial charge >= 0.3 is 0 Å². The van der Waals surface area contributed by atoms with Crippen LogP contribution in [0.2, 0.25) is 0 Å². The standard InChI is InChI=1S/C17H15N3O2S3/c21-14(19-16-18-8-10-24-16)7-4-9-20-15(22)13(25-17(20)23)11-12-5-2-1-3-6-12/h1-3,5-6,8,10-11H,4,7,9H2,(H,18,19,21)/b13-11-. The van der Waals surface area contributed by atoms with E-state index in [1.807, 2.05) is 36.4 Å². The maximum Gasteiger partial charge on any atom is 0.266 e. The van der Waals surface area contributed by atoms with E-state index in [0.717, 1.165) is 5.56 Å². The van der Waals surface area contributed by atoms with Gasteiger partial charge in [-0.2, -0.15) is 0 Å². The van der Waals surface area contributed by atoms with Gasteiger partial charge in [-0.3, -0.25) is 14.5 Å². The number of amides is 2. The smallest absolute Gasteiger partial charge is 0.266 e. The Labute approximate surface area is 159 Å². The summed E-state index contributed by atoms with van der Waals surface area (Å²) in [5, 5.41) is 5.11. The number of carbonyl (C=O) groups is 2. The summed E-state index contributed by atoms with van der Waals surface area (Å²) in [5.74, 6) is -0.209. The fraction of sp³-hybridized carbons (Fsp3) is 0.176. The molecule has 1 fully saturated rings. The van der Waals surface area contributed by atoms with Gasteiger partial charge in [-0.25, -0.2) is 4.98 Å². The summed E-state index contributed by atoms with van der Waals surface area (Å²) in [6, 6.07) is 9.66. The molecule has 1 N–H and O–H groups in total. The van der Waals surface area contributed by atoms with Crippen molar-refractivity contribution in [2.75, 3.05) is 11.9 Å². The lowest BCUT2D eigenvalue weighted by atomic mass is 10.2. The van der Waals surface area contributed by atoms with Gasteiger partial charge in [0.05, 0.1) is 4.91 Å². The molecule has 5 nitrogen and oxygen atoms in total. The molecule has 8 heteroatoms. The second-order valence-corrected chi connectivity index (χ2v) is 7.80. The van der Waals surface area contributed by atoms with Crippen LogP contribution in [-0.4, -0.2) is 32.6 Å². The number of thiazole rings is 1. The highest BCUT2D eigenvalue weighted by Crippen LogP contribution is 2.32. The molecule has 0 aliphatic carbocycles. The summed E-state index contributed by atoms with van der Waals surface area (Å²) >= 11 is 7.97. The van der Waals surface area contributed by atoms with E-state index in [0.29, 0.717) is 33.7 Å². The molecule has 1 aromatic carbocycles. The van der Waals surface area contributed by atoms with Crippen molar-refractivity contribution in [1.82, 2.24) is 9.88 Å². The van der Waals surface area contributed by atoms with Gasteiger partial charge < -0.3 is 5.32 Å². The molecule has 2 amide bonds. The summed E-state index contributed by atoms with van der Waals surface area (Å²) < 4.78 is 0.535. The Balaban J connectivity index is 1.53. The van der Waals surface area contributed by atoms with Gasteiger partial charge in [-0.05, 0) is 18.1 Å². The average molecular weight is 390 g/mol. The zero-order valence-electron chi connectivity index (χ0n) is 13.2. The molecule has 0 saturated carbocycles. The van der Waals surface area contributed by atoms with Gasteiger partial charge in [0.2, 0.25) is 5.91 Å². The van der Waals surface area contributed by atoms with E-state index in [-0.39, 0.29) is 11.8 Å². The first kappa shape index (κ1) is 17.8. The second-order valence-electron chi connectivity index (χ2n) is 5.23. The molecule has 3 rings (SSSR count). The molecule has 0 spiro atoms. The number of thioether (sulfide) groups is 1. The summed E-state index contributed by atoms with van der Waals surface area (Å²) in [6.45, 7) is 0.433. The molecule has 2 aromatic rings. The molecule has 128 valence electrons. The maximum absolute atomic E-state index is 12.5. The van der Waals surface area contributed by atoms with Crippen molar-refractivity contribution < 1.29 is 9.59 Å². The van der Waals surface area contributed by atoms with Gasteiger partial charge in [-0.1, -0.05) is 54.3 Å². The molecule has 0 unspecified atom stereocenters. The van der Waals surface area contributed by atoms with Gasteiger partial charge in [0.1, 0.15) is 4.32 Å². The van der Waals surface area contributed by atoms with E-state index in [1.54, 1.807) is 16.5 Å². The van der Waals surface area contributed by atoms with Crippen molar-refractivity contribution >= 4 is 62.7 Å². The lowest BCUT2D eigenvalue weighted by Gasteiger charge is -2.13. The van der Waals surface area contributed by atoms with Gasteiger partial charge in [-0.15, -0.1) is 11.3 Å². The summed E-state index contributed by atoms with van der Waals surface area (Å²) in [5.41, 5.74) is 0.964. The molecule has 2 heterocycles. The highest BCUT2D eigenvalue weighted by atomic mass is 32.2. The number of thiocarbonyl (C=S) groups is 1. The van der Waals surface area contributed by atoms with Crippen molar-refractivity contribution in [2.24, 2.45) is 0 Å². The number of carbonyl (C=O) groups excluding carboxylic acids is 2. The van der Waals surface area contributed by atoms with Crippen molar-refractivity contribution in [3.05, 3.63) is 52.4 Å². The van der Waals surface area contributed by atoms with Crippen LogP contribution in [0.4, 0.5) is 5.13 Å². The molecule has 0 radical (unpaired) electrons. The van der Waals surface area contributed by atoms with Crippen LogP contribution in [0.1, 0.15) is 18.4 Å². The normalized spacial score (nSPS) is 15.8. The first-order valence-electron chi connectivity index (χ1n) is 7.63. The van der Waals surface area contributed by atoms with Gasteiger partial charge in [0, 0.05) is 24.5 Å². The third-order valence-electron chi connectivity index (χ3n) is 3.44. The first-order valence-corrected chi connectivity index (χ1v) is 9.74. The average Bonchev–Trinajstić information content (AvgIpc) is 3.19. The van der Waals surface area contributed by atoms with Crippen molar-refractivity contribution in [3.8, 4) is 0 Å². The lowest BCUT2D eigenvalue weighted by molar-refractivity contribution is -0.122. The van der Waals surface area contributed by atoms with Crippen LogP contribution in [0.15, 0.2) is 46.8 Å². The minimum atomic E-state index is -0.111. The molecular weight excluding hydrogens is 374 g/mol. The fourth-order valence-electron chi connectivity index (χ4n) is 2.26. The number of hydrogen-bond donors (Lipinski definition) is 1. The SMILES string of the molecule is O=C(CCCN1C(=O)/C(=C/c2ccccc2)SC1=S)Nc1nccs1. The second kappa shape index (κ2) is 8.37. The molecule has 0 bridgehead atoms. The van der Waals surface area contributed by atoms with Crippen LogP contribution in [0.3, 0.4) is 0 Å². The topological polar surface area (TPSA) is 62.3 Å². The Hall–Kier alpha value is -2.03. The first-order chi connectivity index (χ1) is 12.1. The predicted octanol–water partition coefficient (Wildman–Crippen LogP) is 3.76.